The maximum Gasteiger partial charge on any atom is 0.252 e. The molecule has 4 aromatic rings. The molecular weight excluding hydrogens is 390 g/mol. The fraction of sp³-hybridized carbons (Fsp3) is 0.292. The largest absolute Gasteiger partial charge is 0.463 e. The fourth-order valence-corrected chi connectivity index (χ4v) is 4.12. The molecule has 1 aliphatic rings. The van der Waals surface area contributed by atoms with Crippen LogP contribution in [0.15, 0.2) is 65.5 Å². The highest BCUT2D eigenvalue weighted by molar-refractivity contribution is 5.96. The Labute approximate surface area is 180 Å². The van der Waals surface area contributed by atoms with Crippen LogP contribution in [0.25, 0.3) is 21.9 Å². The first kappa shape index (κ1) is 19.5. The number of furan rings is 1. The van der Waals surface area contributed by atoms with Gasteiger partial charge in [-0.3, -0.25) is 14.7 Å². The third-order valence-corrected chi connectivity index (χ3v) is 5.83. The predicted octanol–water partition coefficient (Wildman–Crippen LogP) is 3.32. The molecule has 5 rings (SSSR count). The summed E-state index contributed by atoms with van der Waals surface area (Å²) >= 11 is 0. The molecule has 158 valence electrons. The minimum absolute atomic E-state index is 0.113. The van der Waals surface area contributed by atoms with E-state index in [-0.39, 0.29) is 5.91 Å². The number of aromatic nitrogens is 2. The molecular formula is C24H25N5O2. The minimum atomic E-state index is -0.113. The smallest absolute Gasteiger partial charge is 0.252 e. The Morgan fingerprint density at radius 3 is 2.84 bits per heavy atom. The molecule has 0 aliphatic carbocycles. The lowest BCUT2D eigenvalue weighted by molar-refractivity contribution is 0.0951. The van der Waals surface area contributed by atoms with Gasteiger partial charge in [0.15, 0.2) is 5.58 Å². The van der Waals surface area contributed by atoms with Crippen LogP contribution in [0.4, 0.5) is 5.82 Å². The number of hydrogen-bond acceptors (Lipinski definition) is 6. The molecule has 31 heavy (non-hydrogen) atoms. The van der Waals surface area contributed by atoms with Crippen molar-refractivity contribution in [3.8, 4) is 0 Å². The van der Waals surface area contributed by atoms with Gasteiger partial charge < -0.3 is 14.6 Å². The number of hydrogen-bond donors (Lipinski definition) is 1. The van der Waals surface area contributed by atoms with Gasteiger partial charge in [-0.05, 0) is 30.5 Å². The number of fused-ring (bicyclic) bond motifs is 2. The number of pyridine rings is 2. The molecule has 7 nitrogen and oxygen atoms in total. The van der Waals surface area contributed by atoms with Crippen LogP contribution in [-0.4, -0.2) is 60.0 Å². The zero-order valence-electron chi connectivity index (χ0n) is 17.3. The van der Waals surface area contributed by atoms with Crippen molar-refractivity contribution in [2.45, 2.75) is 6.42 Å². The Morgan fingerprint density at radius 1 is 1.06 bits per heavy atom. The van der Waals surface area contributed by atoms with Crippen LogP contribution >= 0.6 is 0 Å². The molecule has 1 fully saturated rings. The number of nitrogens with one attached hydrogen (secondary N) is 1. The molecule has 4 heterocycles. The van der Waals surface area contributed by atoms with Gasteiger partial charge in [0.2, 0.25) is 0 Å². The number of carbonyl (C=O) groups is 1. The van der Waals surface area contributed by atoms with Gasteiger partial charge in [-0.15, -0.1) is 0 Å². The monoisotopic (exact) mass is 415 g/mol. The van der Waals surface area contributed by atoms with Crippen molar-refractivity contribution in [3.05, 3.63) is 66.7 Å². The molecule has 0 atom stereocenters. The van der Waals surface area contributed by atoms with Gasteiger partial charge in [0.25, 0.3) is 5.91 Å². The van der Waals surface area contributed by atoms with E-state index in [9.17, 15) is 4.79 Å². The Hall–Kier alpha value is -3.45. The molecule has 3 aromatic heterocycles. The number of piperazine rings is 1. The molecule has 7 heteroatoms. The standard InChI is InChI=1S/C24H25N5O2/c30-24(19-16-22-21(27-17-19)7-15-31-22)26-8-3-10-28-11-13-29(14-12-28)23-20-5-2-1-4-18(20)6-9-25-23/h1-2,4-7,9,15-17H,3,8,10-14H2,(H,26,30). The molecule has 1 saturated heterocycles. The van der Waals surface area contributed by atoms with E-state index in [4.69, 9.17) is 4.42 Å². The SMILES string of the molecule is O=C(NCCCN1CCN(c2nccc3ccccc23)CC1)c1cnc2ccoc2c1. The van der Waals surface area contributed by atoms with Crippen molar-refractivity contribution in [1.29, 1.82) is 0 Å². The number of nitrogens with zero attached hydrogens (tertiary/aromatic N) is 4. The number of carbonyl (C=O) groups excluding carboxylic acids is 1. The highest BCUT2D eigenvalue weighted by atomic mass is 16.3. The van der Waals surface area contributed by atoms with Crippen LogP contribution in [0.3, 0.4) is 0 Å². The van der Waals surface area contributed by atoms with Crippen LogP contribution in [0.5, 0.6) is 0 Å². The van der Waals surface area contributed by atoms with E-state index in [1.165, 1.54) is 10.8 Å². The highest BCUT2D eigenvalue weighted by Crippen LogP contribution is 2.25. The molecule has 1 aromatic carbocycles. The van der Waals surface area contributed by atoms with Gasteiger partial charge in [0, 0.05) is 56.6 Å². The van der Waals surface area contributed by atoms with Crippen LogP contribution in [0.1, 0.15) is 16.8 Å². The van der Waals surface area contributed by atoms with E-state index >= 15 is 0 Å². The van der Waals surface area contributed by atoms with E-state index in [1.807, 2.05) is 6.20 Å². The van der Waals surface area contributed by atoms with Crippen molar-refractivity contribution in [1.82, 2.24) is 20.2 Å². The summed E-state index contributed by atoms with van der Waals surface area (Å²) in [4.78, 5) is 26.1. The quantitative estimate of drug-likeness (QED) is 0.487. The number of rotatable bonds is 6. The summed E-state index contributed by atoms with van der Waals surface area (Å²) < 4.78 is 5.32. The van der Waals surface area contributed by atoms with Crippen LogP contribution in [-0.2, 0) is 0 Å². The summed E-state index contributed by atoms with van der Waals surface area (Å²) in [6.45, 7) is 5.52. The third-order valence-electron chi connectivity index (χ3n) is 5.83. The summed E-state index contributed by atoms with van der Waals surface area (Å²) in [7, 11) is 0. The van der Waals surface area contributed by atoms with Crippen molar-refractivity contribution < 1.29 is 9.21 Å². The number of benzene rings is 1. The number of amides is 1. The molecule has 0 unspecified atom stereocenters. The Bertz CT molecular complexity index is 1190. The van der Waals surface area contributed by atoms with Crippen molar-refractivity contribution in [2.75, 3.05) is 44.2 Å². The van der Waals surface area contributed by atoms with Gasteiger partial charge >= 0.3 is 0 Å². The first-order valence-corrected chi connectivity index (χ1v) is 10.7. The second-order valence-corrected chi connectivity index (χ2v) is 7.82. The second-order valence-electron chi connectivity index (χ2n) is 7.82. The topological polar surface area (TPSA) is 74.5 Å². The van der Waals surface area contributed by atoms with Crippen LogP contribution in [0, 0.1) is 0 Å². The summed E-state index contributed by atoms with van der Waals surface area (Å²) in [6.07, 6.45) is 5.98. The van der Waals surface area contributed by atoms with E-state index in [0.717, 1.165) is 50.5 Å². The van der Waals surface area contributed by atoms with E-state index in [2.05, 4.69) is 55.4 Å². The van der Waals surface area contributed by atoms with Crippen molar-refractivity contribution in [2.24, 2.45) is 0 Å². The average Bonchev–Trinajstić information content (AvgIpc) is 3.30. The molecule has 0 spiro atoms. The van der Waals surface area contributed by atoms with E-state index in [0.29, 0.717) is 17.7 Å². The van der Waals surface area contributed by atoms with Crippen molar-refractivity contribution >= 4 is 33.6 Å². The van der Waals surface area contributed by atoms with E-state index in [1.54, 1.807) is 24.6 Å². The summed E-state index contributed by atoms with van der Waals surface area (Å²) in [6, 6.07) is 14.0. The average molecular weight is 415 g/mol. The van der Waals surface area contributed by atoms with Gasteiger partial charge in [-0.1, -0.05) is 24.3 Å². The fourth-order valence-electron chi connectivity index (χ4n) is 4.12. The molecule has 0 radical (unpaired) electrons. The van der Waals surface area contributed by atoms with Gasteiger partial charge in [0.05, 0.1) is 11.8 Å². The lowest BCUT2D eigenvalue weighted by Crippen LogP contribution is -2.47. The zero-order chi connectivity index (χ0) is 21.0. The number of anilines is 1. The van der Waals surface area contributed by atoms with E-state index < -0.39 is 0 Å². The molecule has 0 bridgehead atoms. The second kappa shape index (κ2) is 8.73. The molecule has 1 N–H and O–H groups in total. The Morgan fingerprint density at radius 2 is 1.94 bits per heavy atom. The normalized spacial score (nSPS) is 14.9. The lowest BCUT2D eigenvalue weighted by Gasteiger charge is -2.35. The lowest BCUT2D eigenvalue weighted by atomic mass is 10.1. The van der Waals surface area contributed by atoms with Gasteiger partial charge in [0.1, 0.15) is 11.3 Å². The Kier molecular flexibility index (Phi) is 5.50. The summed E-state index contributed by atoms with van der Waals surface area (Å²) in [5, 5.41) is 5.42. The van der Waals surface area contributed by atoms with Gasteiger partial charge in [-0.2, -0.15) is 0 Å². The minimum Gasteiger partial charge on any atom is -0.463 e. The first-order chi connectivity index (χ1) is 15.3. The zero-order valence-corrected chi connectivity index (χ0v) is 17.3. The summed E-state index contributed by atoms with van der Waals surface area (Å²) in [5.41, 5.74) is 1.92. The molecule has 1 aliphatic heterocycles. The third kappa shape index (κ3) is 4.22. The predicted molar refractivity (Wildman–Crippen MR) is 121 cm³/mol. The maximum absolute atomic E-state index is 12.3. The van der Waals surface area contributed by atoms with Crippen LogP contribution in [0.2, 0.25) is 0 Å². The van der Waals surface area contributed by atoms with Gasteiger partial charge in [-0.25, -0.2) is 4.98 Å². The highest BCUT2D eigenvalue weighted by Gasteiger charge is 2.19. The molecule has 1 amide bonds. The van der Waals surface area contributed by atoms with Crippen LogP contribution < -0.4 is 10.2 Å². The summed E-state index contributed by atoms with van der Waals surface area (Å²) in [5.74, 6) is 0.963. The molecule has 0 saturated carbocycles. The van der Waals surface area contributed by atoms with Crippen molar-refractivity contribution in [3.63, 3.8) is 0 Å². The first-order valence-electron chi connectivity index (χ1n) is 10.7. The Balaban J connectivity index is 1.08. The maximum atomic E-state index is 12.3.